The fourth-order valence-corrected chi connectivity index (χ4v) is 10.1. The molecule has 4 aliphatic heterocycles. The maximum atomic E-state index is 13.6. The lowest BCUT2D eigenvalue weighted by molar-refractivity contribution is -0.136. The number of nitrogens with zero attached hydrogens (tertiary/aromatic N) is 6. The molecule has 5 heterocycles. The van der Waals surface area contributed by atoms with Crippen molar-refractivity contribution in [2.75, 3.05) is 42.9 Å². The number of carbonyl (C=O) groups is 5. The molecule has 3 aromatic carbocycles. The second kappa shape index (κ2) is 14.5. The Morgan fingerprint density at radius 3 is 2.38 bits per heavy atom. The third-order valence-electron chi connectivity index (χ3n) is 13.7. The minimum atomic E-state index is -0.962. The Hall–Kier alpha value is -5.87. The van der Waals surface area contributed by atoms with Gasteiger partial charge in [-0.05, 0) is 125 Å². The molecule has 4 aromatic rings. The lowest BCUT2D eigenvalue weighted by Gasteiger charge is -2.54. The van der Waals surface area contributed by atoms with Crippen LogP contribution in [0.4, 0.5) is 11.4 Å². The molecule has 1 aromatic heterocycles. The first kappa shape index (κ1) is 37.7. The van der Waals surface area contributed by atoms with Crippen LogP contribution in [0.1, 0.15) is 103 Å². The average molecular weight is 781 g/mol. The molecule has 2 N–H and O–H groups in total. The summed E-state index contributed by atoms with van der Waals surface area (Å²) in [5, 5.41) is 21.2. The quantitative estimate of drug-likeness (QED) is 0.218. The van der Waals surface area contributed by atoms with E-state index in [4.69, 9.17) is 0 Å². The predicted molar refractivity (Wildman–Crippen MR) is 217 cm³/mol. The average Bonchev–Trinajstić information content (AvgIpc) is 3.81. The van der Waals surface area contributed by atoms with Gasteiger partial charge in [-0.2, -0.15) is 10.4 Å². The lowest BCUT2D eigenvalue weighted by Crippen LogP contribution is -2.54. The zero-order chi connectivity index (χ0) is 40.3. The van der Waals surface area contributed by atoms with Crippen molar-refractivity contribution in [1.29, 1.82) is 5.26 Å². The van der Waals surface area contributed by atoms with Gasteiger partial charge in [0.15, 0.2) is 0 Å². The summed E-state index contributed by atoms with van der Waals surface area (Å²) >= 11 is 0. The first-order valence-electron chi connectivity index (χ1n) is 20.5. The van der Waals surface area contributed by atoms with Crippen LogP contribution in [-0.4, -0.2) is 87.9 Å². The number of benzene rings is 3. The number of imide groups is 2. The van der Waals surface area contributed by atoms with Crippen LogP contribution < -0.4 is 15.5 Å². The van der Waals surface area contributed by atoms with Crippen LogP contribution >= 0.6 is 0 Å². The van der Waals surface area contributed by atoms with Gasteiger partial charge in [0.05, 0.1) is 29.0 Å². The van der Waals surface area contributed by atoms with E-state index in [9.17, 15) is 29.2 Å². The van der Waals surface area contributed by atoms with Crippen molar-refractivity contribution in [2.45, 2.75) is 82.7 Å². The van der Waals surface area contributed by atoms with Crippen molar-refractivity contribution in [3.63, 3.8) is 0 Å². The molecule has 13 heteroatoms. The monoisotopic (exact) mass is 780 g/mol. The number of rotatable bonds is 8. The Labute approximate surface area is 337 Å². The number of piperidine rings is 3. The summed E-state index contributed by atoms with van der Waals surface area (Å²) in [6.07, 6.45) is 11.0. The highest BCUT2D eigenvalue weighted by molar-refractivity contribution is 6.23. The first-order chi connectivity index (χ1) is 27.9. The van der Waals surface area contributed by atoms with E-state index in [1.807, 2.05) is 56.6 Å². The van der Waals surface area contributed by atoms with Crippen LogP contribution in [0.5, 0.6) is 0 Å². The molecule has 4 fully saturated rings. The van der Waals surface area contributed by atoms with Crippen LogP contribution in [0.25, 0.3) is 10.8 Å². The number of carbonyl (C=O) groups excluding carboxylic acids is 5. The molecule has 5 amide bonds. The van der Waals surface area contributed by atoms with Crippen LogP contribution in [0.2, 0.25) is 0 Å². The SMILES string of the molecule is CC(C)(C(=O)Nc1ccc(C#N)c2ccccc12)n1cc(C2CCN(CC3CC4(CCN(c5ccc6c(c5)C(=O)N(C5CCC(=O)NC5=O)C6=O)CC4)C3)CC2)cn1. The third kappa shape index (κ3) is 6.63. The molecule has 298 valence electrons. The Morgan fingerprint density at radius 1 is 0.931 bits per heavy atom. The molecule has 1 saturated carbocycles. The number of likely N-dealkylation sites (tertiary alicyclic amines) is 1. The van der Waals surface area contributed by atoms with Crippen molar-refractivity contribution in [3.8, 4) is 6.07 Å². The van der Waals surface area contributed by atoms with E-state index in [0.717, 1.165) is 79.8 Å². The number of nitriles is 1. The summed E-state index contributed by atoms with van der Waals surface area (Å²) in [6, 6.07) is 17.8. The van der Waals surface area contributed by atoms with Crippen LogP contribution in [0, 0.1) is 22.7 Å². The van der Waals surface area contributed by atoms with Crippen molar-refractivity contribution < 1.29 is 24.0 Å². The molecule has 5 aliphatic rings. The van der Waals surface area contributed by atoms with Gasteiger partial charge >= 0.3 is 0 Å². The van der Waals surface area contributed by atoms with E-state index >= 15 is 0 Å². The van der Waals surface area contributed by atoms with Gasteiger partial charge in [0.2, 0.25) is 11.8 Å². The number of anilines is 2. The molecule has 1 atom stereocenters. The van der Waals surface area contributed by atoms with Crippen LogP contribution in [-0.2, 0) is 19.9 Å². The molecule has 0 bridgehead atoms. The number of amides is 5. The largest absolute Gasteiger partial charge is 0.371 e. The molecule has 13 nitrogen and oxygen atoms in total. The summed E-state index contributed by atoms with van der Waals surface area (Å²) < 4.78 is 1.78. The highest BCUT2D eigenvalue weighted by atomic mass is 16.2. The Kier molecular flexibility index (Phi) is 9.42. The fraction of sp³-hybridized carbons (Fsp3) is 0.444. The minimum absolute atomic E-state index is 0.0998. The normalized spacial score (nSPS) is 21.6. The molecule has 0 radical (unpaired) electrons. The van der Waals surface area contributed by atoms with Gasteiger partial charge in [-0.25, -0.2) is 0 Å². The molecule has 1 spiro atoms. The van der Waals surface area contributed by atoms with Crippen molar-refractivity contribution in [2.24, 2.45) is 11.3 Å². The molecule has 9 rings (SSSR count). The van der Waals surface area contributed by atoms with Gasteiger partial charge < -0.3 is 15.1 Å². The second-order valence-electron chi connectivity index (χ2n) is 17.6. The lowest BCUT2D eigenvalue weighted by atomic mass is 9.57. The minimum Gasteiger partial charge on any atom is -0.371 e. The topological polar surface area (TPSA) is 161 Å². The molecule has 1 unspecified atom stereocenters. The molecule has 1 aliphatic carbocycles. The summed E-state index contributed by atoms with van der Waals surface area (Å²) in [5.41, 5.74) is 3.42. The van der Waals surface area contributed by atoms with Gasteiger partial charge in [0, 0.05) is 54.4 Å². The summed E-state index contributed by atoms with van der Waals surface area (Å²) in [7, 11) is 0. The van der Waals surface area contributed by atoms with Gasteiger partial charge in [0.1, 0.15) is 11.6 Å². The van der Waals surface area contributed by atoms with Gasteiger partial charge in [-0.15, -0.1) is 0 Å². The van der Waals surface area contributed by atoms with Gasteiger partial charge in [-0.3, -0.25) is 38.9 Å². The summed E-state index contributed by atoms with van der Waals surface area (Å²) in [4.78, 5) is 70.2. The van der Waals surface area contributed by atoms with E-state index in [-0.39, 0.29) is 24.7 Å². The summed E-state index contributed by atoms with van der Waals surface area (Å²) in [6.45, 7) is 8.76. The van der Waals surface area contributed by atoms with E-state index in [1.54, 1.807) is 28.9 Å². The smallest absolute Gasteiger partial charge is 0.262 e. The number of hydrogen-bond acceptors (Lipinski definition) is 9. The number of nitrogens with one attached hydrogen (secondary N) is 2. The molecular formula is C45H48N8O5. The third-order valence-corrected chi connectivity index (χ3v) is 13.7. The Bertz CT molecular complexity index is 2390. The predicted octanol–water partition coefficient (Wildman–Crippen LogP) is 5.56. The van der Waals surface area contributed by atoms with Crippen molar-refractivity contribution >= 4 is 51.7 Å². The maximum Gasteiger partial charge on any atom is 0.262 e. The standard InChI is InChI=1S/C45H48N8O5/c1-44(2,43(58)48-37-10-7-30(24-46)33-5-3-4-6-34(33)37)52-27-31(25-47-52)29-13-17-50(18-14-29)26-28-22-45(23-28)15-19-51(20-16-45)32-8-9-35-36(21-32)42(57)53(41(35)56)38-11-12-39(54)49-40(38)55/h3-10,21,25,27-29,38H,11-20,22-23,26H2,1-2H3,(H,48,58)(H,49,54,55). The number of fused-ring (bicyclic) bond motifs is 2. The summed E-state index contributed by atoms with van der Waals surface area (Å²) in [5.74, 6) is -1.00. The fourth-order valence-electron chi connectivity index (χ4n) is 10.1. The van der Waals surface area contributed by atoms with Crippen molar-refractivity contribution in [3.05, 3.63) is 89.2 Å². The van der Waals surface area contributed by atoms with Crippen LogP contribution in [0.15, 0.2) is 67.0 Å². The van der Waals surface area contributed by atoms with Gasteiger partial charge in [-0.1, -0.05) is 24.3 Å². The van der Waals surface area contributed by atoms with E-state index in [0.29, 0.717) is 39.6 Å². The second-order valence-corrected chi connectivity index (χ2v) is 17.6. The zero-order valence-corrected chi connectivity index (χ0v) is 33.0. The molecule has 3 saturated heterocycles. The van der Waals surface area contributed by atoms with E-state index in [1.165, 1.54) is 18.4 Å². The van der Waals surface area contributed by atoms with Crippen molar-refractivity contribution in [1.82, 2.24) is 24.9 Å². The Balaban J connectivity index is 0.740. The number of aromatic nitrogens is 2. The van der Waals surface area contributed by atoms with Gasteiger partial charge in [0.25, 0.3) is 17.7 Å². The van der Waals surface area contributed by atoms with E-state index in [2.05, 4.69) is 31.6 Å². The zero-order valence-electron chi connectivity index (χ0n) is 33.0. The maximum absolute atomic E-state index is 13.6. The molecule has 58 heavy (non-hydrogen) atoms. The highest BCUT2D eigenvalue weighted by Crippen LogP contribution is 2.53. The van der Waals surface area contributed by atoms with E-state index < -0.39 is 29.3 Å². The van der Waals surface area contributed by atoms with Crippen LogP contribution in [0.3, 0.4) is 0 Å². The first-order valence-corrected chi connectivity index (χ1v) is 20.5. The number of hydrogen-bond donors (Lipinski definition) is 2. The molecular weight excluding hydrogens is 733 g/mol. The highest BCUT2D eigenvalue weighted by Gasteiger charge is 2.47. The Morgan fingerprint density at radius 2 is 1.66 bits per heavy atom.